The molecule has 0 bridgehead atoms. The number of carbonyl (C=O) groups is 3. The molecule has 31 heteroatoms. The van der Waals surface area contributed by atoms with Gasteiger partial charge in [-0.25, -0.2) is 13.2 Å². The third-order valence-corrected chi connectivity index (χ3v) is 35.3. The van der Waals surface area contributed by atoms with Crippen LogP contribution in [0.4, 0.5) is 13.2 Å². The highest BCUT2D eigenvalue weighted by Crippen LogP contribution is 2.59. The number of hydrogen-bond donors (Lipinski definition) is 3. The Morgan fingerprint density at radius 1 is 0.434 bits per heavy atom. The van der Waals surface area contributed by atoms with Crippen molar-refractivity contribution in [1.29, 1.82) is 0 Å². The Kier molecular flexibility index (Phi) is 23.5. The average molecular weight is 1930 g/mol. The molecule has 3 saturated carbocycles. The molecule has 7 aliphatic rings. The van der Waals surface area contributed by atoms with Crippen LogP contribution in [0.2, 0.25) is 66.4 Å². The molecule has 7 heterocycles. The van der Waals surface area contributed by atoms with Crippen molar-refractivity contribution >= 4 is 104 Å². The van der Waals surface area contributed by atoms with Crippen molar-refractivity contribution in [3.05, 3.63) is 296 Å². The second kappa shape index (κ2) is 36.8. The van der Waals surface area contributed by atoms with E-state index >= 15 is 13.2 Å². The third-order valence-electron chi connectivity index (χ3n) is 25.4. The zero-order valence-electron chi connectivity index (χ0n) is 86.0. The summed E-state index contributed by atoms with van der Waals surface area (Å²) in [6.07, 6.45) is 4.38. The monoisotopic (exact) mass is 1930 g/mol. The van der Waals surface area contributed by atoms with Crippen molar-refractivity contribution in [2.45, 2.75) is 191 Å². The molecule has 6 atom stereocenters. The highest BCUT2D eigenvalue weighted by atomic mass is 35.5. The Labute approximate surface area is 801 Å². The number of halogens is 9. The Bertz CT molecular complexity index is 6270. The molecule has 3 aromatic heterocycles. The number of fused-ring (bicyclic) bond motifs is 3. The Morgan fingerprint density at radius 2 is 0.721 bits per heavy atom. The van der Waals surface area contributed by atoms with Crippen LogP contribution < -0.4 is 0 Å². The summed E-state index contributed by atoms with van der Waals surface area (Å²) < 4.78 is 207. The van der Waals surface area contributed by atoms with E-state index in [9.17, 15) is 40.7 Å². The summed E-state index contributed by atoms with van der Waals surface area (Å²) in [5.41, 5.74) is -15.8. The van der Waals surface area contributed by atoms with E-state index in [4.69, 9.17) is 112 Å². The fourth-order valence-electron chi connectivity index (χ4n) is 14.9. The third kappa shape index (κ3) is 19.9. The number of epoxide rings is 1. The number of methoxy groups -OCH3 is 2. The highest BCUT2D eigenvalue weighted by Gasteiger charge is 2.62. The number of hydrogen-bond acceptors (Lipinski definition) is 17. The summed E-state index contributed by atoms with van der Waals surface area (Å²) in [6.45, 7) is 6.55. The van der Waals surface area contributed by atoms with Gasteiger partial charge in [0.1, 0.15) is 34.3 Å². The molecule has 6 aromatic carbocycles. The van der Waals surface area contributed by atoms with E-state index in [1.54, 1.807) is 73.7 Å². The number of rotatable bonds is 32. The fraction of sp³-hybridized carbons (Fsp3) is 0.449. The van der Waals surface area contributed by atoms with E-state index in [0.29, 0.717) is 59.4 Å². The van der Waals surface area contributed by atoms with Crippen molar-refractivity contribution in [3.8, 4) is 0 Å². The SMILES string of the molecule is [2H]C([2H])(O)C1(C([2H])([2H])O[C@]2(c3ccc(Cl)cc3)c3c(F)cc(C(C)(O)COC)cc3C(=O)N2Cc2ccc(Cl)cn2)CC1.[2H]C([2H])(O[C@]1(c2ccc(Cl)cc2)c2c(F)cc(C(C)(O)COC)cc2C(=O)N1Cc1ccc(Cl)cn1)C1(C([2H])([2H])O[Si](C)(C)C(C)(C)C)CC1.[2H]C([2H])(O[C@]1(c2ccc(Cl)cc2)c2c(F)cc(C3(C)CO3)cc2C(=O)N1Cc1ccc(Cl)cn1)C1(C([2H])([2H])O[Si](C)(C)C(C)(C)C)CC1. The van der Waals surface area contributed by atoms with Gasteiger partial charge in [-0.05, 0) is 221 Å². The van der Waals surface area contributed by atoms with Gasteiger partial charge in [-0.2, -0.15) is 0 Å². The van der Waals surface area contributed by atoms with E-state index < -0.39 is 146 Å². The molecule has 0 radical (unpaired) electrons. The van der Waals surface area contributed by atoms with Crippen molar-refractivity contribution in [2.24, 2.45) is 16.2 Å². The summed E-state index contributed by atoms with van der Waals surface area (Å²) in [5, 5.41) is 33.9. The van der Waals surface area contributed by atoms with Gasteiger partial charge >= 0.3 is 0 Å². The molecule has 3 aliphatic carbocycles. The van der Waals surface area contributed by atoms with Crippen LogP contribution in [0.25, 0.3) is 0 Å². The molecule has 20 nitrogen and oxygen atoms in total. The lowest BCUT2D eigenvalue weighted by Crippen LogP contribution is -2.48. The lowest BCUT2D eigenvalue weighted by atomic mass is 9.88. The maximum absolute atomic E-state index is 16.9. The van der Waals surface area contributed by atoms with Crippen molar-refractivity contribution in [3.63, 3.8) is 0 Å². The normalized spacial score (nSPS) is 23.9. The topological polar surface area (TPSA) is 237 Å². The van der Waals surface area contributed by atoms with Crippen LogP contribution in [0.15, 0.2) is 164 Å². The molecular weight excluding hydrogens is 1810 g/mol. The number of carbonyl (C=O) groups excluding carboxylic acids is 3. The Hall–Kier alpha value is -7.30. The van der Waals surface area contributed by atoms with Crippen LogP contribution in [0.5, 0.6) is 0 Å². The summed E-state index contributed by atoms with van der Waals surface area (Å²) in [5.74, 6) is -4.88. The van der Waals surface area contributed by atoms with Crippen LogP contribution in [0, 0.1) is 33.7 Å². The van der Waals surface area contributed by atoms with Crippen molar-refractivity contribution in [2.75, 3.05) is 73.4 Å². The number of benzene rings is 6. The largest absolute Gasteiger partial charge is 0.416 e. The molecule has 1 saturated heterocycles. The summed E-state index contributed by atoms with van der Waals surface area (Å²) in [7, 11) is -2.80. The molecule has 9 aromatic rings. The smallest absolute Gasteiger partial charge is 0.257 e. The van der Waals surface area contributed by atoms with Crippen LogP contribution in [-0.2, 0) is 90.9 Å². The van der Waals surface area contributed by atoms with Crippen LogP contribution in [0.1, 0.15) is 216 Å². The van der Waals surface area contributed by atoms with E-state index in [0.717, 1.165) is 17.0 Å². The van der Waals surface area contributed by atoms with Crippen LogP contribution in [0.3, 0.4) is 0 Å². The number of pyridine rings is 3. The lowest BCUT2D eigenvalue weighted by molar-refractivity contribution is -0.130. The standard InChI is InChI=1S/C35H43Cl2FN2O5Si.C34H39Cl2FN2O4Si.C29H29Cl2FN2O5/c1-32(2,3)46(6,7)45-22-34(14-15-34)21-44-35(23-8-10-25(36)11-9-23)30-28(16-24(17-29(30)38)33(4,42)20-43-5)31(41)40(35)19-27-13-12-26(37)18-39-27;1-31(2,3)44(5,6)43-21-33(13-14-33)20-42-34(22-7-9-24(35)10-8-22)29-27(15-23(16-28(29)37)32(4)19-41-32)30(40)39(34)18-26-12-11-25(36)17-38-26;1-27(37,16-38-2)19-11-23-25(24(32)12-19)29(18-3-5-20(30)6-4-18,39-17-28(15-35)9-10-28)34(26(23)36)14-22-8-7-21(31)13-33-22/h8-13,16-18,42H,14-15,19-22H2,1-7H3;7-12,15-17H,13-14,18-21H2,1-6H3;3-8,11-13,35,37H,9-10,14-17H2,1-2H3/t33?,35-;32?,34-;27?,29-/m111/s1/i21D2,22D2;20D2,21D2;15D2,17D2. The maximum atomic E-state index is 16.9. The first kappa shape index (κ1) is 82.4. The molecule has 3 amide bonds. The molecule has 4 fully saturated rings. The highest BCUT2D eigenvalue weighted by molar-refractivity contribution is 6.74. The number of nitrogens with zero attached hydrogens (tertiary/aromatic N) is 6. The molecule has 3 unspecified atom stereocenters. The van der Waals surface area contributed by atoms with Crippen molar-refractivity contribution in [1.82, 2.24) is 29.7 Å². The Morgan fingerprint density at radius 3 is 0.984 bits per heavy atom. The fourth-order valence-corrected chi connectivity index (χ4v) is 17.1. The Balaban J connectivity index is 0.000000169. The predicted octanol–water partition coefficient (Wildman–Crippen LogP) is 21.5. The molecule has 4 aliphatic heterocycles. The molecule has 688 valence electrons. The summed E-state index contributed by atoms with van der Waals surface area (Å²) in [4.78, 5) is 60.0. The first-order chi connectivity index (χ1) is 65.0. The molecule has 16 rings (SSSR count). The van der Waals surface area contributed by atoms with Gasteiger partial charge in [0.25, 0.3) is 17.7 Å². The molecule has 129 heavy (non-hydrogen) atoms. The zero-order valence-corrected chi connectivity index (χ0v) is 80.5. The molecule has 0 spiro atoms. The van der Waals surface area contributed by atoms with Gasteiger partial charge in [-0.15, -0.1) is 0 Å². The maximum Gasteiger partial charge on any atom is 0.257 e. The van der Waals surface area contributed by atoms with Gasteiger partial charge in [-0.3, -0.25) is 44.0 Å². The van der Waals surface area contributed by atoms with Gasteiger partial charge in [0.2, 0.25) is 0 Å². The first-order valence-electron chi connectivity index (χ1n) is 47.9. The second-order valence-electron chi connectivity index (χ2n) is 37.5. The number of aromatic nitrogens is 3. The number of ether oxygens (including phenoxy) is 6. The summed E-state index contributed by atoms with van der Waals surface area (Å²) >= 11 is 37.0. The minimum absolute atomic E-state index is 0.0215. The summed E-state index contributed by atoms with van der Waals surface area (Å²) in [6, 6.07) is 35.2. The van der Waals surface area contributed by atoms with Gasteiger partial charge < -0.3 is 52.6 Å². The van der Waals surface area contributed by atoms with E-state index in [1.165, 1.54) is 123 Å². The lowest BCUT2D eigenvalue weighted by Gasteiger charge is -2.41. The van der Waals surface area contributed by atoms with Gasteiger partial charge in [0.15, 0.2) is 33.8 Å². The number of aliphatic hydroxyl groups is 3. The average Bonchev–Trinajstić information content (AvgIpc) is 1.53. The van der Waals surface area contributed by atoms with E-state index in [2.05, 4.69) is 15.0 Å². The minimum Gasteiger partial charge on any atom is -0.416 e. The van der Waals surface area contributed by atoms with E-state index in [1.807, 2.05) is 67.7 Å². The van der Waals surface area contributed by atoms with Crippen molar-refractivity contribution < 1.29 is 96.6 Å². The van der Waals surface area contributed by atoms with E-state index in [-0.39, 0.29) is 138 Å². The molecular formula is C98H111Cl6F3N6O14Si2. The number of amides is 3. The van der Waals surface area contributed by atoms with Gasteiger partial charge in [0.05, 0.1) is 148 Å². The van der Waals surface area contributed by atoms with Crippen LogP contribution in [-0.4, -0.2) is 153 Å². The molecule has 3 N–H and O–H groups in total. The second-order valence-corrected chi connectivity index (χ2v) is 49.6. The quantitative estimate of drug-likeness (QED) is 0.0262. The van der Waals surface area contributed by atoms with Gasteiger partial charge in [-0.1, -0.05) is 148 Å². The zero-order chi connectivity index (χ0) is 104. The first-order valence-corrected chi connectivity index (χ1v) is 50.0. The minimum atomic E-state index is -3.01. The van der Waals surface area contributed by atoms with Gasteiger partial charge in [0, 0.05) is 93.9 Å². The predicted molar refractivity (Wildman–Crippen MR) is 496 cm³/mol. The van der Waals surface area contributed by atoms with Crippen LogP contribution >= 0.6 is 69.6 Å².